The molecule has 2 aromatic rings. The van der Waals surface area contributed by atoms with Gasteiger partial charge in [0.15, 0.2) is 0 Å². The average Bonchev–Trinajstić information content (AvgIpc) is 3.04. The Morgan fingerprint density at radius 3 is 2.45 bits per heavy atom. The molecule has 0 atom stereocenters. The lowest BCUT2D eigenvalue weighted by Gasteiger charge is -2.23. The number of benzene rings is 2. The van der Waals surface area contributed by atoms with Gasteiger partial charge in [-0.05, 0) is 49.7 Å². The standard InChI is InChI=1S/C23H28ClN3O4/c1-2-30-16-17-31-21-7-4-3-6-20(21)22(28)26-12-5-13-27(15-14-26)23(29)25-19-10-8-18(24)9-11-19/h3-4,6-11H,2,5,12-17H2,1H3,(H,25,29). The Balaban J connectivity index is 1.58. The number of nitrogens with zero attached hydrogens (tertiary/aromatic N) is 2. The number of nitrogens with one attached hydrogen (secondary N) is 1. The van der Waals surface area contributed by atoms with Crippen molar-refractivity contribution in [1.29, 1.82) is 0 Å². The van der Waals surface area contributed by atoms with E-state index in [9.17, 15) is 9.59 Å². The van der Waals surface area contributed by atoms with Crippen molar-refractivity contribution in [2.45, 2.75) is 13.3 Å². The number of halogens is 1. The minimum Gasteiger partial charge on any atom is -0.490 e. The Kier molecular flexibility index (Phi) is 8.55. The number of anilines is 1. The van der Waals surface area contributed by atoms with Crippen LogP contribution in [0.15, 0.2) is 48.5 Å². The van der Waals surface area contributed by atoms with Crippen LogP contribution in [0.1, 0.15) is 23.7 Å². The Morgan fingerprint density at radius 1 is 0.968 bits per heavy atom. The van der Waals surface area contributed by atoms with Crippen molar-refractivity contribution in [3.63, 3.8) is 0 Å². The SMILES string of the molecule is CCOCCOc1ccccc1C(=O)N1CCCN(C(=O)Nc2ccc(Cl)cc2)CC1. The van der Waals surface area contributed by atoms with Crippen LogP contribution in [0.5, 0.6) is 5.75 Å². The van der Waals surface area contributed by atoms with Crippen molar-refractivity contribution in [1.82, 2.24) is 9.80 Å². The number of hydrogen-bond acceptors (Lipinski definition) is 4. The van der Waals surface area contributed by atoms with Crippen LogP contribution in [0.25, 0.3) is 0 Å². The molecule has 3 amide bonds. The average molecular weight is 446 g/mol. The lowest BCUT2D eigenvalue weighted by Crippen LogP contribution is -2.39. The largest absolute Gasteiger partial charge is 0.490 e. The monoisotopic (exact) mass is 445 g/mol. The van der Waals surface area contributed by atoms with Crippen molar-refractivity contribution < 1.29 is 19.1 Å². The second-order valence-corrected chi connectivity index (χ2v) is 7.55. The fraction of sp³-hybridized carbons (Fsp3) is 0.391. The highest BCUT2D eigenvalue weighted by Crippen LogP contribution is 2.21. The third-order valence-corrected chi connectivity index (χ3v) is 5.22. The summed E-state index contributed by atoms with van der Waals surface area (Å²) in [6.45, 7) is 5.48. The van der Waals surface area contributed by atoms with E-state index in [1.807, 2.05) is 19.1 Å². The predicted molar refractivity (Wildman–Crippen MR) is 121 cm³/mol. The van der Waals surface area contributed by atoms with Crippen molar-refractivity contribution in [3.8, 4) is 5.75 Å². The van der Waals surface area contributed by atoms with E-state index in [1.54, 1.807) is 46.2 Å². The third kappa shape index (κ3) is 6.60. The smallest absolute Gasteiger partial charge is 0.321 e. The second-order valence-electron chi connectivity index (χ2n) is 7.11. The van der Waals surface area contributed by atoms with E-state index < -0.39 is 0 Å². The zero-order valence-electron chi connectivity index (χ0n) is 17.7. The molecular weight excluding hydrogens is 418 g/mol. The first kappa shape index (κ1) is 22.9. The molecule has 31 heavy (non-hydrogen) atoms. The van der Waals surface area contributed by atoms with E-state index in [1.165, 1.54) is 0 Å². The summed E-state index contributed by atoms with van der Waals surface area (Å²) in [5.41, 5.74) is 1.21. The van der Waals surface area contributed by atoms with E-state index in [0.717, 1.165) is 0 Å². The third-order valence-electron chi connectivity index (χ3n) is 4.97. The van der Waals surface area contributed by atoms with Crippen LogP contribution in [0, 0.1) is 0 Å². The van der Waals surface area contributed by atoms with Crippen molar-refractivity contribution in [2.24, 2.45) is 0 Å². The maximum atomic E-state index is 13.1. The van der Waals surface area contributed by atoms with Crippen LogP contribution >= 0.6 is 11.6 Å². The highest BCUT2D eigenvalue weighted by molar-refractivity contribution is 6.30. The van der Waals surface area contributed by atoms with Gasteiger partial charge in [0.2, 0.25) is 0 Å². The van der Waals surface area contributed by atoms with Gasteiger partial charge >= 0.3 is 6.03 Å². The maximum absolute atomic E-state index is 13.1. The number of amides is 3. The summed E-state index contributed by atoms with van der Waals surface area (Å²) in [5, 5.41) is 3.49. The first-order chi connectivity index (χ1) is 15.1. The molecule has 1 N–H and O–H groups in total. The molecular formula is C23H28ClN3O4. The zero-order valence-corrected chi connectivity index (χ0v) is 18.4. The summed E-state index contributed by atoms with van der Waals surface area (Å²) in [4.78, 5) is 29.3. The Morgan fingerprint density at radius 2 is 1.68 bits per heavy atom. The number of carbonyl (C=O) groups excluding carboxylic acids is 2. The van der Waals surface area contributed by atoms with Gasteiger partial charge in [0.05, 0.1) is 12.2 Å². The molecule has 0 bridgehead atoms. The molecule has 3 rings (SSSR count). The molecule has 1 aliphatic heterocycles. The van der Waals surface area contributed by atoms with Gasteiger partial charge in [-0.2, -0.15) is 0 Å². The number of para-hydroxylation sites is 1. The number of rotatable bonds is 7. The Bertz CT molecular complexity index is 875. The van der Waals surface area contributed by atoms with Gasteiger partial charge in [-0.1, -0.05) is 23.7 Å². The lowest BCUT2D eigenvalue weighted by molar-refractivity contribution is 0.0752. The van der Waals surface area contributed by atoms with Gasteiger partial charge in [-0.3, -0.25) is 4.79 Å². The van der Waals surface area contributed by atoms with Gasteiger partial charge < -0.3 is 24.6 Å². The van der Waals surface area contributed by atoms with Crippen LogP contribution in [0.4, 0.5) is 10.5 Å². The lowest BCUT2D eigenvalue weighted by atomic mass is 10.1. The van der Waals surface area contributed by atoms with Crippen LogP contribution in [-0.4, -0.2) is 67.7 Å². The fourth-order valence-corrected chi connectivity index (χ4v) is 3.48. The normalized spacial score (nSPS) is 14.1. The molecule has 8 heteroatoms. The van der Waals surface area contributed by atoms with Crippen LogP contribution in [0.3, 0.4) is 0 Å². The molecule has 0 spiro atoms. The topological polar surface area (TPSA) is 71.1 Å². The van der Waals surface area contributed by atoms with Crippen LogP contribution < -0.4 is 10.1 Å². The molecule has 1 saturated heterocycles. The molecule has 7 nitrogen and oxygen atoms in total. The van der Waals surface area contributed by atoms with E-state index in [0.29, 0.717) is 74.4 Å². The molecule has 0 aliphatic carbocycles. The van der Waals surface area contributed by atoms with Crippen molar-refractivity contribution >= 4 is 29.2 Å². The fourth-order valence-electron chi connectivity index (χ4n) is 3.35. The quantitative estimate of drug-likeness (QED) is 0.650. The molecule has 1 aliphatic rings. The summed E-state index contributed by atoms with van der Waals surface area (Å²) in [6.07, 6.45) is 0.702. The highest BCUT2D eigenvalue weighted by atomic mass is 35.5. The molecule has 0 aromatic heterocycles. The molecule has 1 heterocycles. The second kappa shape index (κ2) is 11.6. The van der Waals surface area contributed by atoms with E-state index in [4.69, 9.17) is 21.1 Å². The molecule has 1 fully saturated rings. The maximum Gasteiger partial charge on any atom is 0.321 e. The number of carbonyl (C=O) groups is 2. The minimum atomic E-state index is -0.184. The zero-order chi connectivity index (χ0) is 22.1. The summed E-state index contributed by atoms with van der Waals surface area (Å²) >= 11 is 5.89. The molecule has 0 radical (unpaired) electrons. The van der Waals surface area contributed by atoms with Gasteiger partial charge in [-0.15, -0.1) is 0 Å². The Hall–Kier alpha value is -2.77. The molecule has 2 aromatic carbocycles. The van der Waals surface area contributed by atoms with Crippen LogP contribution in [0.2, 0.25) is 5.02 Å². The molecule has 0 saturated carbocycles. The predicted octanol–water partition coefficient (Wildman–Crippen LogP) is 4.14. The number of ether oxygens (including phenoxy) is 2. The van der Waals surface area contributed by atoms with Crippen molar-refractivity contribution in [2.75, 3.05) is 51.3 Å². The molecule has 0 unspecified atom stereocenters. The van der Waals surface area contributed by atoms with E-state index in [-0.39, 0.29) is 11.9 Å². The number of hydrogen-bond donors (Lipinski definition) is 1. The summed E-state index contributed by atoms with van der Waals surface area (Å²) in [7, 11) is 0. The first-order valence-corrected chi connectivity index (χ1v) is 10.9. The Labute approximate surface area is 187 Å². The summed E-state index contributed by atoms with van der Waals surface area (Å²) in [5.74, 6) is 0.459. The molecule has 166 valence electrons. The van der Waals surface area contributed by atoms with Gasteiger partial charge in [-0.25, -0.2) is 4.79 Å². The van der Waals surface area contributed by atoms with E-state index in [2.05, 4.69) is 5.32 Å². The van der Waals surface area contributed by atoms with Gasteiger partial charge in [0, 0.05) is 43.5 Å². The minimum absolute atomic E-state index is 0.0908. The van der Waals surface area contributed by atoms with Gasteiger partial charge in [0.25, 0.3) is 5.91 Å². The highest BCUT2D eigenvalue weighted by Gasteiger charge is 2.24. The van der Waals surface area contributed by atoms with E-state index >= 15 is 0 Å². The summed E-state index contributed by atoms with van der Waals surface area (Å²) in [6, 6.07) is 14.0. The number of urea groups is 1. The first-order valence-electron chi connectivity index (χ1n) is 10.5. The van der Waals surface area contributed by atoms with Crippen LogP contribution in [-0.2, 0) is 4.74 Å². The van der Waals surface area contributed by atoms with Crippen molar-refractivity contribution in [3.05, 3.63) is 59.1 Å². The summed E-state index contributed by atoms with van der Waals surface area (Å²) < 4.78 is 11.1. The van der Waals surface area contributed by atoms with Gasteiger partial charge in [0.1, 0.15) is 12.4 Å².